The van der Waals surface area contributed by atoms with Crippen LogP contribution in [0, 0.1) is 6.92 Å². The lowest BCUT2D eigenvalue weighted by Crippen LogP contribution is -2.04. The maximum atomic E-state index is 11.2. The van der Waals surface area contributed by atoms with Crippen LogP contribution in [-0.2, 0) is 7.05 Å². The third-order valence-corrected chi connectivity index (χ3v) is 3.55. The van der Waals surface area contributed by atoms with E-state index in [9.17, 15) is 4.79 Å². The van der Waals surface area contributed by atoms with Gasteiger partial charge in [-0.05, 0) is 25.1 Å². The van der Waals surface area contributed by atoms with Crippen molar-refractivity contribution in [3.05, 3.63) is 35.7 Å². The van der Waals surface area contributed by atoms with E-state index in [2.05, 4.69) is 10.1 Å². The molecule has 0 atom stereocenters. The second-order valence-electron chi connectivity index (χ2n) is 4.88. The van der Waals surface area contributed by atoms with E-state index < -0.39 is 5.97 Å². The number of aromatic amines is 1. The number of H-pyrrole nitrogens is 1. The number of carboxylic acids is 1. The summed E-state index contributed by atoms with van der Waals surface area (Å²) in [5.74, 6) is -0.224. The number of benzene rings is 1. The van der Waals surface area contributed by atoms with Crippen LogP contribution in [0.4, 0.5) is 0 Å². The predicted molar refractivity (Wildman–Crippen MR) is 78.7 cm³/mol. The van der Waals surface area contributed by atoms with Gasteiger partial charge in [0.2, 0.25) is 0 Å². The number of fused-ring (bicyclic) bond motifs is 1. The number of nitrogens with one attached hydrogen (secondary N) is 1. The Hall–Kier alpha value is -2.76. The highest BCUT2D eigenvalue weighted by Gasteiger charge is 2.18. The third kappa shape index (κ3) is 2.05. The number of methoxy groups -OCH3 is 1. The Kier molecular flexibility index (Phi) is 2.94. The topological polar surface area (TPSA) is 80.1 Å². The first-order chi connectivity index (χ1) is 10.0. The van der Waals surface area contributed by atoms with Crippen LogP contribution in [0.15, 0.2) is 24.3 Å². The number of hydrogen-bond donors (Lipinski definition) is 2. The van der Waals surface area contributed by atoms with Crippen molar-refractivity contribution in [2.45, 2.75) is 6.92 Å². The van der Waals surface area contributed by atoms with Crippen molar-refractivity contribution in [1.29, 1.82) is 0 Å². The first-order valence-electron chi connectivity index (χ1n) is 6.45. The smallest absolute Gasteiger partial charge is 0.354 e. The zero-order valence-electron chi connectivity index (χ0n) is 12.0. The van der Waals surface area contributed by atoms with Crippen LogP contribution in [0.25, 0.3) is 22.2 Å². The molecule has 0 saturated heterocycles. The van der Waals surface area contributed by atoms with E-state index in [0.717, 1.165) is 27.9 Å². The molecule has 6 nitrogen and oxygen atoms in total. The van der Waals surface area contributed by atoms with Gasteiger partial charge in [-0.3, -0.25) is 4.68 Å². The molecule has 0 saturated carbocycles. The van der Waals surface area contributed by atoms with Crippen molar-refractivity contribution in [1.82, 2.24) is 14.8 Å². The third-order valence-electron chi connectivity index (χ3n) is 3.55. The molecule has 0 spiro atoms. The van der Waals surface area contributed by atoms with Gasteiger partial charge >= 0.3 is 5.97 Å². The molecule has 21 heavy (non-hydrogen) atoms. The Morgan fingerprint density at radius 2 is 2.14 bits per heavy atom. The molecular formula is C15H15N3O3. The van der Waals surface area contributed by atoms with E-state index in [1.807, 2.05) is 25.1 Å². The summed E-state index contributed by atoms with van der Waals surface area (Å²) in [5, 5.41) is 14.4. The second kappa shape index (κ2) is 4.66. The first kappa shape index (κ1) is 13.2. The number of hydrogen-bond acceptors (Lipinski definition) is 3. The fourth-order valence-corrected chi connectivity index (χ4v) is 2.56. The van der Waals surface area contributed by atoms with Gasteiger partial charge in [-0.15, -0.1) is 0 Å². The van der Waals surface area contributed by atoms with Crippen LogP contribution < -0.4 is 4.74 Å². The van der Waals surface area contributed by atoms with Gasteiger partial charge in [0.1, 0.15) is 11.4 Å². The summed E-state index contributed by atoms with van der Waals surface area (Å²) in [7, 11) is 3.25. The van der Waals surface area contributed by atoms with Crippen molar-refractivity contribution in [2.75, 3.05) is 7.11 Å². The number of nitrogens with zero attached hydrogens (tertiary/aromatic N) is 2. The number of aromatic nitrogens is 3. The highest BCUT2D eigenvalue weighted by Crippen LogP contribution is 2.33. The molecule has 2 heterocycles. The van der Waals surface area contributed by atoms with Crippen molar-refractivity contribution in [3.63, 3.8) is 0 Å². The molecule has 0 amide bonds. The van der Waals surface area contributed by atoms with E-state index in [1.54, 1.807) is 20.2 Å². The number of aromatic carboxylic acids is 1. The minimum Gasteiger partial charge on any atom is -0.497 e. The van der Waals surface area contributed by atoms with Crippen molar-refractivity contribution in [3.8, 4) is 17.0 Å². The fourth-order valence-electron chi connectivity index (χ4n) is 2.56. The van der Waals surface area contributed by atoms with Gasteiger partial charge in [0, 0.05) is 35.3 Å². The lowest BCUT2D eigenvalue weighted by Gasteiger charge is -2.00. The Morgan fingerprint density at radius 3 is 2.76 bits per heavy atom. The summed E-state index contributed by atoms with van der Waals surface area (Å²) >= 11 is 0. The average Bonchev–Trinajstić information content (AvgIpc) is 2.96. The van der Waals surface area contributed by atoms with Gasteiger partial charge in [-0.2, -0.15) is 5.10 Å². The molecule has 6 heteroatoms. The zero-order valence-corrected chi connectivity index (χ0v) is 12.0. The highest BCUT2D eigenvalue weighted by atomic mass is 16.5. The lowest BCUT2D eigenvalue weighted by atomic mass is 10.1. The molecule has 108 valence electrons. The van der Waals surface area contributed by atoms with E-state index >= 15 is 0 Å². The molecular weight excluding hydrogens is 270 g/mol. The van der Waals surface area contributed by atoms with Gasteiger partial charge in [0.15, 0.2) is 0 Å². The number of rotatable bonds is 3. The minimum atomic E-state index is -0.990. The van der Waals surface area contributed by atoms with E-state index in [1.165, 1.54) is 4.68 Å². The zero-order chi connectivity index (χ0) is 15.1. The second-order valence-corrected chi connectivity index (χ2v) is 4.88. The lowest BCUT2D eigenvalue weighted by molar-refractivity contribution is 0.0685. The SMILES string of the molecule is COc1ccc2c(-c3cc(C(=O)O)n(C)n3)c(C)[nH]c2c1. The number of carboxylic acid groups (broad SMARTS) is 1. The summed E-state index contributed by atoms with van der Waals surface area (Å²) in [5.41, 5.74) is 3.59. The highest BCUT2D eigenvalue weighted by molar-refractivity contribution is 5.98. The molecule has 3 aromatic rings. The molecule has 0 fully saturated rings. The number of ether oxygens (including phenoxy) is 1. The van der Waals surface area contributed by atoms with Crippen molar-refractivity contribution >= 4 is 16.9 Å². The summed E-state index contributed by atoms with van der Waals surface area (Å²) in [6, 6.07) is 7.32. The average molecular weight is 285 g/mol. The van der Waals surface area contributed by atoms with Gasteiger partial charge in [-0.1, -0.05) is 0 Å². The maximum Gasteiger partial charge on any atom is 0.354 e. The van der Waals surface area contributed by atoms with Gasteiger partial charge < -0.3 is 14.8 Å². The molecule has 0 aliphatic rings. The molecule has 0 aliphatic carbocycles. The number of carbonyl (C=O) groups is 1. The summed E-state index contributed by atoms with van der Waals surface area (Å²) in [4.78, 5) is 14.4. The van der Waals surface area contributed by atoms with Gasteiger partial charge in [0.05, 0.1) is 12.8 Å². The van der Waals surface area contributed by atoms with Gasteiger partial charge in [0.25, 0.3) is 0 Å². The molecule has 0 unspecified atom stereocenters. The van der Waals surface area contributed by atoms with Crippen LogP contribution in [0.1, 0.15) is 16.2 Å². The molecule has 2 aromatic heterocycles. The first-order valence-corrected chi connectivity index (χ1v) is 6.45. The molecule has 1 aromatic carbocycles. The summed E-state index contributed by atoms with van der Waals surface area (Å²) in [6.45, 7) is 1.94. The standard InChI is InChI=1S/C15H15N3O3/c1-8-14(12-7-13(15(19)20)18(2)17-12)10-5-4-9(21-3)6-11(10)16-8/h4-7,16H,1-3H3,(H,19,20). The van der Waals surface area contributed by atoms with Gasteiger partial charge in [-0.25, -0.2) is 4.79 Å². The molecule has 0 aliphatic heterocycles. The molecule has 2 N–H and O–H groups in total. The van der Waals surface area contributed by atoms with E-state index in [0.29, 0.717) is 5.69 Å². The Labute approximate surface area is 121 Å². The summed E-state index contributed by atoms with van der Waals surface area (Å²) < 4.78 is 6.59. The normalized spacial score (nSPS) is 11.0. The predicted octanol–water partition coefficient (Wildman–Crippen LogP) is 2.58. The van der Waals surface area contributed by atoms with Crippen LogP contribution in [0.3, 0.4) is 0 Å². The molecule has 0 bridgehead atoms. The van der Waals surface area contributed by atoms with Crippen molar-refractivity contribution in [2.24, 2.45) is 7.05 Å². The molecule has 0 radical (unpaired) electrons. The van der Waals surface area contributed by atoms with Crippen LogP contribution in [0.2, 0.25) is 0 Å². The number of aryl methyl sites for hydroxylation is 2. The van der Waals surface area contributed by atoms with Crippen molar-refractivity contribution < 1.29 is 14.6 Å². The maximum absolute atomic E-state index is 11.2. The Bertz CT molecular complexity index is 845. The van der Waals surface area contributed by atoms with E-state index in [4.69, 9.17) is 9.84 Å². The Morgan fingerprint density at radius 1 is 1.38 bits per heavy atom. The van der Waals surface area contributed by atoms with Crippen LogP contribution >= 0.6 is 0 Å². The van der Waals surface area contributed by atoms with Crippen LogP contribution in [-0.4, -0.2) is 33.0 Å². The monoisotopic (exact) mass is 285 g/mol. The fraction of sp³-hybridized carbons (Fsp3) is 0.200. The minimum absolute atomic E-state index is 0.160. The summed E-state index contributed by atoms with van der Waals surface area (Å²) in [6.07, 6.45) is 0. The largest absolute Gasteiger partial charge is 0.497 e. The van der Waals surface area contributed by atoms with Crippen LogP contribution in [0.5, 0.6) is 5.75 Å². The quantitative estimate of drug-likeness (QED) is 0.775. The Balaban J connectivity index is 2.22. The van der Waals surface area contributed by atoms with E-state index in [-0.39, 0.29) is 5.69 Å². The molecule has 3 rings (SSSR count).